The first-order valence-corrected chi connectivity index (χ1v) is 10.1. The Bertz CT molecular complexity index is 1090. The minimum absolute atomic E-state index is 0.0156. The number of carbonyl (C=O) groups excluding carboxylic acids is 1. The molecule has 2 N–H and O–H groups in total. The molecule has 4 heteroatoms. The Balaban J connectivity index is 1.46. The summed E-state index contributed by atoms with van der Waals surface area (Å²) in [4.78, 5) is 20.9. The molecule has 0 aliphatic heterocycles. The summed E-state index contributed by atoms with van der Waals surface area (Å²) in [5, 5.41) is 3.06. The molecule has 0 aliphatic rings. The molecular formula is C25H25N3O. The smallest absolute Gasteiger partial charge is 0.231 e. The standard InChI is InChI=1S/C25H25N3O/c1-2-21(19-11-7-4-8-12-19)25(29)26-20-14-15-22-23(17-20)28-24(27-22)16-13-18-9-5-3-6-10-18/h3-12,14-15,17,21H,2,13,16H2,1H3,(H,26,29)(H,27,28)/t21-/m0/s1. The average Bonchev–Trinajstić information content (AvgIpc) is 3.16. The minimum Gasteiger partial charge on any atom is -0.342 e. The minimum atomic E-state index is -0.157. The van der Waals surface area contributed by atoms with E-state index in [-0.39, 0.29) is 11.8 Å². The first-order chi connectivity index (χ1) is 14.2. The molecule has 0 aliphatic carbocycles. The fraction of sp³-hybridized carbons (Fsp3) is 0.200. The largest absolute Gasteiger partial charge is 0.342 e. The Morgan fingerprint density at radius 2 is 1.69 bits per heavy atom. The van der Waals surface area contributed by atoms with Gasteiger partial charge < -0.3 is 10.3 Å². The fourth-order valence-corrected chi connectivity index (χ4v) is 3.65. The molecule has 0 spiro atoms. The van der Waals surface area contributed by atoms with Gasteiger partial charge in [-0.3, -0.25) is 4.79 Å². The van der Waals surface area contributed by atoms with Gasteiger partial charge in [-0.05, 0) is 42.2 Å². The highest BCUT2D eigenvalue weighted by atomic mass is 16.1. The van der Waals surface area contributed by atoms with Gasteiger partial charge in [0.1, 0.15) is 5.82 Å². The van der Waals surface area contributed by atoms with Crippen LogP contribution in [0.1, 0.15) is 36.2 Å². The number of amides is 1. The second-order valence-electron chi connectivity index (χ2n) is 7.26. The Morgan fingerprint density at radius 3 is 2.41 bits per heavy atom. The van der Waals surface area contributed by atoms with Crippen molar-refractivity contribution in [2.45, 2.75) is 32.1 Å². The van der Waals surface area contributed by atoms with Crippen LogP contribution in [0.2, 0.25) is 0 Å². The second-order valence-corrected chi connectivity index (χ2v) is 7.26. The molecule has 1 amide bonds. The molecule has 3 aromatic carbocycles. The molecule has 146 valence electrons. The van der Waals surface area contributed by atoms with E-state index in [1.165, 1.54) is 5.56 Å². The molecule has 0 radical (unpaired) electrons. The van der Waals surface area contributed by atoms with Crippen LogP contribution in [-0.2, 0) is 17.6 Å². The maximum Gasteiger partial charge on any atom is 0.231 e. The zero-order chi connectivity index (χ0) is 20.1. The zero-order valence-electron chi connectivity index (χ0n) is 16.6. The quantitative estimate of drug-likeness (QED) is 0.444. The third kappa shape index (κ3) is 4.54. The molecule has 1 atom stereocenters. The number of fused-ring (bicyclic) bond motifs is 1. The molecule has 1 aromatic heterocycles. The molecule has 0 unspecified atom stereocenters. The summed E-state index contributed by atoms with van der Waals surface area (Å²) < 4.78 is 0. The molecule has 29 heavy (non-hydrogen) atoms. The van der Waals surface area contributed by atoms with Crippen molar-refractivity contribution < 1.29 is 4.79 Å². The number of H-pyrrole nitrogens is 1. The second kappa shape index (κ2) is 8.74. The van der Waals surface area contributed by atoms with E-state index in [0.717, 1.165) is 47.4 Å². The van der Waals surface area contributed by atoms with Crippen LogP contribution in [0.5, 0.6) is 0 Å². The number of benzene rings is 3. The monoisotopic (exact) mass is 383 g/mol. The van der Waals surface area contributed by atoms with E-state index >= 15 is 0 Å². The van der Waals surface area contributed by atoms with Gasteiger partial charge in [-0.15, -0.1) is 0 Å². The maximum absolute atomic E-state index is 12.8. The predicted molar refractivity (Wildman–Crippen MR) is 118 cm³/mol. The topological polar surface area (TPSA) is 57.8 Å². The number of aryl methyl sites for hydroxylation is 2. The number of imidazole rings is 1. The van der Waals surface area contributed by atoms with Crippen LogP contribution in [0.25, 0.3) is 11.0 Å². The third-order valence-electron chi connectivity index (χ3n) is 5.22. The summed E-state index contributed by atoms with van der Waals surface area (Å²) >= 11 is 0. The highest BCUT2D eigenvalue weighted by Crippen LogP contribution is 2.23. The molecule has 0 fully saturated rings. The molecule has 4 rings (SSSR count). The van der Waals surface area contributed by atoms with Crippen molar-refractivity contribution in [1.82, 2.24) is 9.97 Å². The van der Waals surface area contributed by atoms with Crippen molar-refractivity contribution >= 4 is 22.6 Å². The van der Waals surface area contributed by atoms with E-state index in [4.69, 9.17) is 0 Å². The van der Waals surface area contributed by atoms with Crippen molar-refractivity contribution in [1.29, 1.82) is 0 Å². The van der Waals surface area contributed by atoms with Crippen LogP contribution in [0.4, 0.5) is 5.69 Å². The number of hydrogen-bond donors (Lipinski definition) is 2. The summed E-state index contributed by atoms with van der Waals surface area (Å²) in [6.45, 7) is 2.04. The highest BCUT2D eigenvalue weighted by Gasteiger charge is 2.18. The number of aromatic amines is 1. The Labute approximate surface area is 171 Å². The predicted octanol–water partition coefficient (Wildman–Crippen LogP) is 5.48. The van der Waals surface area contributed by atoms with Crippen LogP contribution in [0.3, 0.4) is 0 Å². The Morgan fingerprint density at radius 1 is 0.966 bits per heavy atom. The van der Waals surface area contributed by atoms with Crippen LogP contribution < -0.4 is 5.32 Å². The van der Waals surface area contributed by atoms with Gasteiger partial charge >= 0.3 is 0 Å². The lowest BCUT2D eigenvalue weighted by atomic mass is 9.95. The van der Waals surface area contributed by atoms with Crippen molar-refractivity contribution in [3.63, 3.8) is 0 Å². The van der Waals surface area contributed by atoms with E-state index in [0.29, 0.717) is 0 Å². The highest BCUT2D eigenvalue weighted by molar-refractivity contribution is 5.97. The summed E-state index contributed by atoms with van der Waals surface area (Å²) in [6, 6.07) is 26.2. The zero-order valence-corrected chi connectivity index (χ0v) is 16.6. The normalized spacial score (nSPS) is 12.0. The molecule has 4 aromatic rings. The van der Waals surface area contributed by atoms with Crippen LogP contribution in [-0.4, -0.2) is 15.9 Å². The molecule has 1 heterocycles. The summed E-state index contributed by atoms with van der Waals surface area (Å²) in [6.07, 6.45) is 2.55. The first kappa shape index (κ1) is 18.9. The number of nitrogens with one attached hydrogen (secondary N) is 2. The first-order valence-electron chi connectivity index (χ1n) is 10.1. The number of hydrogen-bond acceptors (Lipinski definition) is 2. The number of aromatic nitrogens is 2. The SMILES string of the molecule is CC[C@H](C(=O)Nc1ccc2nc(CCc3ccccc3)[nH]c2c1)c1ccccc1. The van der Waals surface area contributed by atoms with Crippen LogP contribution >= 0.6 is 0 Å². The van der Waals surface area contributed by atoms with Gasteiger partial charge in [-0.25, -0.2) is 4.98 Å². The van der Waals surface area contributed by atoms with E-state index in [9.17, 15) is 4.79 Å². The average molecular weight is 383 g/mol. The summed E-state index contributed by atoms with van der Waals surface area (Å²) in [5.74, 6) is 0.819. The maximum atomic E-state index is 12.8. The number of nitrogens with zero attached hydrogens (tertiary/aromatic N) is 1. The lowest BCUT2D eigenvalue weighted by molar-refractivity contribution is -0.117. The number of rotatable bonds is 7. The molecule has 0 bridgehead atoms. The van der Waals surface area contributed by atoms with Gasteiger partial charge in [-0.2, -0.15) is 0 Å². The van der Waals surface area contributed by atoms with Gasteiger partial charge in [0.15, 0.2) is 0 Å². The van der Waals surface area contributed by atoms with Crippen LogP contribution in [0.15, 0.2) is 78.9 Å². The lowest BCUT2D eigenvalue weighted by Crippen LogP contribution is -2.20. The third-order valence-corrected chi connectivity index (χ3v) is 5.22. The number of carbonyl (C=O) groups is 1. The summed E-state index contributed by atoms with van der Waals surface area (Å²) in [5.41, 5.74) is 4.99. The summed E-state index contributed by atoms with van der Waals surface area (Å²) in [7, 11) is 0. The van der Waals surface area contributed by atoms with E-state index in [1.54, 1.807) is 0 Å². The van der Waals surface area contributed by atoms with Crippen molar-refractivity contribution in [3.8, 4) is 0 Å². The van der Waals surface area contributed by atoms with Gasteiger partial charge in [0.25, 0.3) is 0 Å². The molecule has 0 saturated carbocycles. The fourth-order valence-electron chi connectivity index (χ4n) is 3.65. The molecular weight excluding hydrogens is 358 g/mol. The molecule has 4 nitrogen and oxygen atoms in total. The molecule has 0 saturated heterocycles. The Hall–Kier alpha value is -3.40. The Kier molecular flexibility index (Phi) is 5.71. The van der Waals surface area contributed by atoms with E-state index in [1.807, 2.05) is 61.5 Å². The van der Waals surface area contributed by atoms with Gasteiger partial charge in [0, 0.05) is 12.1 Å². The van der Waals surface area contributed by atoms with Gasteiger partial charge in [-0.1, -0.05) is 67.6 Å². The lowest BCUT2D eigenvalue weighted by Gasteiger charge is -2.15. The van der Waals surface area contributed by atoms with Crippen molar-refractivity contribution in [2.75, 3.05) is 5.32 Å². The van der Waals surface area contributed by atoms with E-state index in [2.05, 4.69) is 39.6 Å². The van der Waals surface area contributed by atoms with Gasteiger partial charge in [0.05, 0.1) is 17.0 Å². The van der Waals surface area contributed by atoms with Crippen molar-refractivity contribution in [3.05, 3.63) is 95.8 Å². The van der Waals surface area contributed by atoms with Crippen LogP contribution in [0, 0.1) is 0 Å². The number of anilines is 1. The van der Waals surface area contributed by atoms with Gasteiger partial charge in [0.2, 0.25) is 5.91 Å². The van der Waals surface area contributed by atoms with Crippen molar-refractivity contribution in [2.24, 2.45) is 0 Å². The van der Waals surface area contributed by atoms with E-state index < -0.39 is 0 Å².